The Morgan fingerprint density at radius 1 is 1.29 bits per heavy atom. The van der Waals surface area contributed by atoms with Crippen LogP contribution in [0.5, 0.6) is 5.75 Å². The summed E-state index contributed by atoms with van der Waals surface area (Å²) in [5, 5.41) is 14.3. The van der Waals surface area contributed by atoms with Gasteiger partial charge in [-0.1, -0.05) is 0 Å². The Labute approximate surface area is 176 Å². The Bertz CT molecular complexity index is 1150. The highest BCUT2D eigenvalue weighted by Crippen LogP contribution is 2.31. The van der Waals surface area contributed by atoms with Gasteiger partial charge in [0.1, 0.15) is 30.1 Å². The summed E-state index contributed by atoms with van der Waals surface area (Å²) in [5.41, 5.74) is 0.654. The fourth-order valence-corrected chi connectivity index (χ4v) is 2.54. The van der Waals surface area contributed by atoms with Crippen LogP contribution in [-0.4, -0.2) is 20.9 Å². The van der Waals surface area contributed by atoms with E-state index in [9.17, 15) is 13.6 Å². The highest BCUT2D eigenvalue weighted by molar-refractivity contribution is 5.88. The van der Waals surface area contributed by atoms with Gasteiger partial charge in [0.2, 0.25) is 17.5 Å². The fourth-order valence-electron chi connectivity index (χ4n) is 2.54. The maximum Gasteiger partial charge on any atom is 0.303 e. The lowest BCUT2D eigenvalue weighted by Gasteiger charge is -2.15. The first-order chi connectivity index (χ1) is 14.6. The minimum atomic E-state index is -3.22. The van der Waals surface area contributed by atoms with Crippen LogP contribution in [0.2, 0.25) is 0 Å². The molecule has 0 bridgehead atoms. The number of furan rings is 1. The molecule has 0 fully saturated rings. The molecule has 0 aromatic carbocycles. The summed E-state index contributed by atoms with van der Waals surface area (Å²) < 4.78 is 38.4. The highest BCUT2D eigenvalue weighted by atomic mass is 19.3. The molecule has 31 heavy (non-hydrogen) atoms. The van der Waals surface area contributed by atoms with Gasteiger partial charge in [-0.25, -0.2) is 15.0 Å². The predicted octanol–water partition coefficient (Wildman–Crippen LogP) is 4.04. The summed E-state index contributed by atoms with van der Waals surface area (Å²) in [6.45, 7) is 3.59. The largest absolute Gasteiger partial charge is 0.482 e. The number of pyridine rings is 1. The third-order valence-corrected chi connectivity index (χ3v) is 3.82. The van der Waals surface area contributed by atoms with Crippen molar-refractivity contribution in [1.29, 1.82) is 5.26 Å². The quantitative estimate of drug-likeness (QED) is 0.577. The van der Waals surface area contributed by atoms with Gasteiger partial charge in [0.05, 0.1) is 11.9 Å². The molecule has 0 atom stereocenters. The molecule has 1 amide bonds. The Kier molecular flexibility index (Phi) is 6.10. The first kappa shape index (κ1) is 21.6. The SMILES string of the molecule is CC(=O)Nc1cc(Nc2cc(C)nc(C(C)(F)F)n2)c(OCc2ccc(C#N)o2)cn1. The zero-order valence-corrected chi connectivity index (χ0v) is 16.9. The maximum atomic E-state index is 13.7. The molecule has 2 N–H and O–H groups in total. The minimum absolute atomic E-state index is 0.0153. The van der Waals surface area contributed by atoms with Crippen molar-refractivity contribution in [2.24, 2.45) is 0 Å². The number of alkyl halides is 2. The van der Waals surface area contributed by atoms with E-state index in [0.717, 1.165) is 0 Å². The molecule has 0 aliphatic heterocycles. The van der Waals surface area contributed by atoms with Crippen LogP contribution in [0.3, 0.4) is 0 Å². The van der Waals surface area contributed by atoms with Crippen LogP contribution < -0.4 is 15.4 Å². The van der Waals surface area contributed by atoms with Crippen molar-refractivity contribution in [2.45, 2.75) is 33.3 Å². The van der Waals surface area contributed by atoms with Crippen LogP contribution in [0.25, 0.3) is 0 Å². The molecule has 0 saturated carbocycles. The van der Waals surface area contributed by atoms with E-state index in [1.54, 1.807) is 13.0 Å². The summed E-state index contributed by atoms with van der Waals surface area (Å²) >= 11 is 0. The van der Waals surface area contributed by atoms with Crippen molar-refractivity contribution >= 4 is 23.2 Å². The summed E-state index contributed by atoms with van der Waals surface area (Å²) in [5.74, 6) is -3.08. The summed E-state index contributed by atoms with van der Waals surface area (Å²) in [7, 11) is 0. The van der Waals surface area contributed by atoms with Crippen LogP contribution in [0.4, 0.5) is 26.1 Å². The number of carbonyl (C=O) groups excluding carboxylic acids is 1. The number of hydrogen-bond donors (Lipinski definition) is 2. The second-order valence-electron chi connectivity index (χ2n) is 6.64. The van der Waals surface area contributed by atoms with Crippen molar-refractivity contribution in [2.75, 3.05) is 10.6 Å². The number of nitriles is 1. The lowest BCUT2D eigenvalue weighted by Crippen LogP contribution is -2.14. The average Bonchev–Trinajstić information content (AvgIpc) is 3.14. The van der Waals surface area contributed by atoms with Crippen molar-refractivity contribution in [3.63, 3.8) is 0 Å². The van der Waals surface area contributed by atoms with Crippen molar-refractivity contribution in [3.05, 3.63) is 53.5 Å². The topological polar surface area (TPSA) is 126 Å². The van der Waals surface area contributed by atoms with E-state index in [4.69, 9.17) is 14.4 Å². The molecule has 9 nitrogen and oxygen atoms in total. The fraction of sp³-hybridized carbons (Fsp3) is 0.250. The van der Waals surface area contributed by atoms with Gasteiger partial charge in [0, 0.05) is 31.7 Å². The van der Waals surface area contributed by atoms with Gasteiger partial charge in [-0.3, -0.25) is 4.79 Å². The van der Waals surface area contributed by atoms with E-state index in [2.05, 4.69) is 25.6 Å². The van der Waals surface area contributed by atoms with Crippen LogP contribution in [-0.2, 0) is 17.3 Å². The Hall–Kier alpha value is -4.07. The Balaban J connectivity index is 1.91. The van der Waals surface area contributed by atoms with Crippen LogP contribution in [0.1, 0.15) is 36.9 Å². The van der Waals surface area contributed by atoms with Gasteiger partial charge in [-0.15, -0.1) is 0 Å². The molecule has 11 heteroatoms. The second-order valence-corrected chi connectivity index (χ2v) is 6.64. The van der Waals surface area contributed by atoms with Crippen LogP contribution >= 0.6 is 0 Å². The molecule has 0 saturated heterocycles. The molecular formula is C20H18F2N6O3. The molecule has 0 unspecified atom stereocenters. The maximum absolute atomic E-state index is 13.7. The number of hydrogen-bond acceptors (Lipinski definition) is 8. The number of aromatic nitrogens is 3. The minimum Gasteiger partial charge on any atom is -0.482 e. The number of nitrogens with one attached hydrogen (secondary N) is 2. The number of aryl methyl sites for hydroxylation is 1. The van der Waals surface area contributed by atoms with Crippen molar-refractivity contribution < 1.29 is 22.7 Å². The molecule has 3 aromatic heterocycles. The lowest BCUT2D eigenvalue weighted by molar-refractivity contribution is -0.114. The monoisotopic (exact) mass is 428 g/mol. The molecule has 3 rings (SSSR count). The first-order valence-corrected chi connectivity index (χ1v) is 9.04. The molecule has 0 aliphatic carbocycles. The van der Waals surface area contributed by atoms with E-state index < -0.39 is 11.7 Å². The summed E-state index contributed by atoms with van der Waals surface area (Å²) in [6.07, 6.45) is 1.35. The van der Waals surface area contributed by atoms with E-state index in [1.807, 2.05) is 6.07 Å². The molecule has 3 aromatic rings. The van der Waals surface area contributed by atoms with E-state index in [0.29, 0.717) is 24.1 Å². The number of rotatable bonds is 7. The molecule has 0 spiro atoms. The first-order valence-electron chi connectivity index (χ1n) is 9.04. The molecule has 160 valence electrons. The zero-order valence-electron chi connectivity index (χ0n) is 16.9. The van der Waals surface area contributed by atoms with Gasteiger partial charge in [-0.05, 0) is 19.1 Å². The van der Waals surface area contributed by atoms with Gasteiger partial charge in [0.15, 0.2) is 5.75 Å². The number of nitrogens with zero attached hydrogens (tertiary/aromatic N) is 4. The number of carbonyl (C=O) groups is 1. The summed E-state index contributed by atoms with van der Waals surface area (Å²) in [6, 6.07) is 7.94. The Morgan fingerprint density at radius 3 is 2.71 bits per heavy atom. The van der Waals surface area contributed by atoms with Crippen LogP contribution in [0, 0.1) is 18.3 Å². The number of ether oxygens (including phenoxy) is 1. The van der Waals surface area contributed by atoms with E-state index in [1.165, 1.54) is 31.3 Å². The van der Waals surface area contributed by atoms with Gasteiger partial charge < -0.3 is 19.8 Å². The lowest BCUT2D eigenvalue weighted by atomic mass is 10.3. The third kappa shape index (κ3) is 5.72. The zero-order chi connectivity index (χ0) is 22.6. The van der Waals surface area contributed by atoms with Crippen LogP contribution in [0.15, 0.2) is 34.9 Å². The summed E-state index contributed by atoms with van der Waals surface area (Å²) in [4.78, 5) is 23.1. The van der Waals surface area contributed by atoms with E-state index in [-0.39, 0.29) is 35.7 Å². The predicted molar refractivity (Wildman–Crippen MR) is 106 cm³/mol. The average molecular weight is 428 g/mol. The highest BCUT2D eigenvalue weighted by Gasteiger charge is 2.29. The molecular weight excluding hydrogens is 410 g/mol. The number of anilines is 3. The molecule has 3 heterocycles. The van der Waals surface area contributed by atoms with Crippen molar-refractivity contribution in [3.8, 4) is 11.8 Å². The third-order valence-electron chi connectivity index (χ3n) is 3.82. The van der Waals surface area contributed by atoms with Gasteiger partial charge >= 0.3 is 5.92 Å². The molecule has 0 aliphatic rings. The number of halogens is 2. The Morgan fingerprint density at radius 2 is 2.06 bits per heavy atom. The smallest absolute Gasteiger partial charge is 0.303 e. The van der Waals surface area contributed by atoms with Gasteiger partial charge in [0.25, 0.3) is 0 Å². The standard InChI is InChI=1S/C20H18F2N6O3/c1-11-6-18(28-19(25-11)20(3,21)22)27-15-7-17(26-12(2)29)24-9-16(15)30-10-14-5-4-13(8-23)31-14/h4-7,9H,10H2,1-3H3,(H2,24,25,26,27,28,29). The second kappa shape index (κ2) is 8.74. The van der Waals surface area contributed by atoms with Crippen molar-refractivity contribution in [1.82, 2.24) is 15.0 Å². The number of amides is 1. The normalized spacial score (nSPS) is 11.0. The molecule has 0 radical (unpaired) electrons. The van der Waals surface area contributed by atoms with Gasteiger partial charge in [-0.2, -0.15) is 14.0 Å². The van der Waals surface area contributed by atoms with E-state index >= 15 is 0 Å².